The molecule has 1 N–H and O–H groups in total. The van der Waals surface area contributed by atoms with Gasteiger partial charge >= 0.3 is 6.18 Å². The molecule has 0 saturated carbocycles. The number of alkyl halides is 3. The van der Waals surface area contributed by atoms with Crippen molar-refractivity contribution < 1.29 is 18.0 Å². The molecule has 0 heterocycles. The van der Waals surface area contributed by atoms with E-state index in [0.717, 1.165) is 25.7 Å². The van der Waals surface area contributed by atoms with Crippen molar-refractivity contribution in [3.8, 4) is 0 Å². The quantitative estimate of drug-likeness (QED) is 0.759. The van der Waals surface area contributed by atoms with Crippen molar-refractivity contribution in [2.45, 2.75) is 20.0 Å². The van der Waals surface area contributed by atoms with Crippen LogP contribution in [0.3, 0.4) is 0 Å². The smallest absolute Gasteiger partial charge is 0.351 e. The fourth-order valence-corrected chi connectivity index (χ4v) is 2.20. The van der Waals surface area contributed by atoms with Crippen LogP contribution in [0.25, 0.3) is 6.08 Å². The number of benzene rings is 1. The van der Waals surface area contributed by atoms with E-state index in [2.05, 4.69) is 10.2 Å². The molecule has 1 rings (SSSR count). The number of rotatable bonds is 7. The number of hydrogen-bond donors (Lipinski definition) is 1. The normalized spacial score (nSPS) is 12.1. The summed E-state index contributed by atoms with van der Waals surface area (Å²) in [5.74, 6) is -0.347. The summed E-state index contributed by atoms with van der Waals surface area (Å²) >= 11 is 5.54. The van der Waals surface area contributed by atoms with E-state index < -0.39 is 11.7 Å². The Hall–Kier alpha value is -1.53. The first kappa shape index (κ1) is 19.5. The van der Waals surface area contributed by atoms with Gasteiger partial charge in [0, 0.05) is 19.2 Å². The van der Waals surface area contributed by atoms with Gasteiger partial charge in [0.1, 0.15) is 0 Å². The Morgan fingerprint density at radius 3 is 2.52 bits per heavy atom. The predicted octanol–water partition coefficient (Wildman–Crippen LogP) is 3.83. The molecule has 128 valence electrons. The largest absolute Gasteiger partial charge is 0.417 e. The van der Waals surface area contributed by atoms with Gasteiger partial charge in [0.15, 0.2) is 0 Å². The van der Waals surface area contributed by atoms with Crippen LogP contribution in [0.1, 0.15) is 25.0 Å². The molecular weight excluding hydrogens is 329 g/mol. The fourth-order valence-electron chi connectivity index (χ4n) is 1.97. The lowest BCUT2D eigenvalue weighted by Gasteiger charge is -2.17. The highest BCUT2D eigenvalue weighted by Crippen LogP contribution is 2.35. The Labute approximate surface area is 139 Å². The highest BCUT2D eigenvalue weighted by atomic mass is 35.5. The van der Waals surface area contributed by atoms with Crippen LogP contribution >= 0.6 is 11.6 Å². The molecule has 0 bridgehead atoms. The molecule has 1 amide bonds. The van der Waals surface area contributed by atoms with Crippen LogP contribution in [0.5, 0.6) is 0 Å². The van der Waals surface area contributed by atoms with E-state index in [-0.39, 0.29) is 16.5 Å². The molecular formula is C16H20ClF3N2O. The predicted molar refractivity (Wildman–Crippen MR) is 86.3 cm³/mol. The van der Waals surface area contributed by atoms with Gasteiger partial charge in [0.2, 0.25) is 5.91 Å². The van der Waals surface area contributed by atoms with Crippen LogP contribution < -0.4 is 5.32 Å². The summed E-state index contributed by atoms with van der Waals surface area (Å²) in [5, 5.41) is 2.33. The summed E-state index contributed by atoms with van der Waals surface area (Å²) in [4.78, 5) is 13.8. The number of carbonyl (C=O) groups is 1. The van der Waals surface area contributed by atoms with Crippen molar-refractivity contribution in [2.24, 2.45) is 0 Å². The Balaban J connectivity index is 2.62. The van der Waals surface area contributed by atoms with Crippen molar-refractivity contribution in [2.75, 3.05) is 26.2 Å². The molecule has 0 radical (unpaired) electrons. The first-order valence-corrected chi connectivity index (χ1v) is 7.70. The minimum Gasteiger partial charge on any atom is -0.351 e. The molecule has 0 aliphatic carbocycles. The minimum absolute atomic E-state index is 0.264. The molecule has 0 spiro atoms. The number of nitrogens with one attached hydrogen (secondary N) is 1. The molecule has 0 saturated heterocycles. The first-order chi connectivity index (χ1) is 10.8. The van der Waals surface area contributed by atoms with E-state index in [9.17, 15) is 18.0 Å². The van der Waals surface area contributed by atoms with Gasteiger partial charge in [-0.1, -0.05) is 31.5 Å². The van der Waals surface area contributed by atoms with Crippen molar-refractivity contribution >= 4 is 23.6 Å². The topological polar surface area (TPSA) is 32.3 Å². The molecule has 0 aliphatic heterocycles. The van der Waals surface area contributed by atoms with Crippen molar-refractivity contribution in [1.29, 1.82) is 0 Å². The molecule has 0 unspecified atom stereocenters. The lowest BCUT2D eigenvalue weighted by Crippen LogP contribution is -2.34. The lowest BCUT2D eigenvalue weighted by molar-refractivity contribution is -0.137. The van der Waals surface area contributed by atoms with E-state index in [4.69, 9.17) is 11.6 Å². The monoisotopic (exact) mass is 348 g/mol. The third kappa shape index (κ3) is 6.62. The van der Waals surface area contributed by atoms with Gasteiger partial charge in [-0.25, -0.2) is 0 Å². The van der Waals surface area contributed by atoms with E-state index in [1.165, 1.54) is 24.3 Å². The van der Waals surface area contributed by atoms with Crippen LogP contribution in [-0.2, 0) is 11.0 Å². The number of likely N-dealkylation sites (N-methyl/N-ethyl adjacent to an activating group) is 1. The summed E-state index contributed by atoms with van der Waals surface area (Å²) in [5.41, 5.74) is -0.649. The summed E-state index contributed by atoms with van der Waals surface area (Å²) in [6, 6.07) is 3.52. The average molecular weight is 349 g/mol. The SMILES string of the molecule is CCN(CC)CCNC(=O)/C=C/c1ccc(Cl)c(C(F)(F)F)c1. The molecule has 1 aromatic rings. The summed E-state index contributed by atoms with van der Waals surface area (Å²) in [6.45, 7) is 7.07. The number of halogens is 4. The number of hydrogen-bond acceptors (Lipinski definition) is 2. The Morgan fingerprint density at radius 2 is 1.96 bits per heavy atom. The zero-order valence-corrected chi connectivity index (χ0v) is 13.8. The minimum atomic E-state index is -4.52. The van der Waals surface area contributed by atoms with Crippen LogP contribution in [-0.4, -0.2) is 37.0 Å². The third-order valence-corrected chi connectivity index (χ3v) is 3.67. The number of carbonyl (C=O) groups excluding carboxylic acids is 1. The number of nitrogens with zero attached hydrogens (tertiary/aromatic N) is 1. The first-order valence-electron chi connectivity index (χ1n) is 7.33. The second kappa shape index (κ2) is 8.93. The molecule has 0 aliphatic rings. The summed E-state index contributed by atoms with van der Waals surface area (Å²) in [7, 11) is 0. The molecule has 0 aromatic heterocycles. The van der Waals surface area contributed by atoms with E-state index >= 15 is 0 Å². The lowest BCUT2D eigenvalue weighted by atomic mass is 10.1. The summed E-state index contributed by atoms with van der Waals surface area (Å²) < 4.78 is 38.2. The van der Waals surface area contributed by atoms with E-state index in [1.807, 2.05) is 13.8 Å². The maximum atomic E-state index is 12.7. The maximum absolute atomic E-state index is 12.7. The second-order valence-electron chi connectivity index (χ2n) is 4.89. The van der Waals surface area contributed by atoms with Crippen molar-refractivity contribution in [1.82, 2.24) is 10.2 Å². The van der Waals surface area contributed by atoms with Gasteiger partial charge in [0.25, 0.3) is 0 Å². The molecule has 0 atom stereocenters. The molecule has 23 heavy (non-hydrogen) atoms. The Kier molecular flexibility index (Phi) is 7.58. The zero-order valence-electron chi connectivity index (χ0n) is 13.1. The van der Waals surface area contributed by atoms with Gasteiger partial charge in [-0.2, -0.15) is 13.2 Å². The molecule has 1 aromatic carbocycles. The van der Waals surface area contributed by atoms with Gasteiger partial charge in [0.05, 0.1) is 10.6 Å². The van der Waals surface area contributed by atoms with Crippen LogP contribution in [0.2, 0.25) is 5.02 Å². The fraction of sp³-hybridized carbons (Fsp3) is 0.438. The van der Waals surface area contributed by atoms with Crippen molar-refractivity contribution in [3.63, 3.8) is 0 Å². The average Bonchev–Trinajstić information content (AvgIpc) is 2.49. The highest BCUT2D eigenvalue weighted by Gasteiger charge is 2.33. The second-order valence-corrected chi connectivity index (χ2v) is 5.30. The van der Waals surface area contributed by atoms with Crippen molar-refractivity contribution in [3.05, 3.63) is 40.4 Å². The van der Waals surface area contributed by atoms with Gasteiger partial charge in [-0.15, -0.1) is 0 Å². The molecule has 0 fully saturated rings. The molecule has 7 heteroatoms. The third-order valence-electron chi connectivity index (χ3n) is 3.34. The van der Waals surface area contributed by atoms with E-state index in [0.29, 0.717) is 6.54 Å². The Bertz CT molecular complexity index is 555. The molecule has 3 nitrogen and oxygen atoms in total. The summed E-state index contributed by atoms with van der Waals surface area (Å²) in [6.07, 6.45) is -1.98. The maximum Gasteiger partial charge on any atom is 0.417 e. The zero-order chi connectivity index (χ0) is 17.5. The van der Waals surface area contributed by atoms with Gasteiger partial charge < -0.3 is 10.2 Å². The van der Waals surface area contributed by atoms with E-state index in [1.54, 1.807) is 0 Å². The number of amides is 1. The van der Waals surface area contributed by atoms with Crippen LogP contribution in [0.15, 0.2) is 24.3 Å². The Morgan fingerprint density at radius 1 is 1.30 bits per heavy atom. The standard InChI is InChI=1S/C16H20ClF3N2O/c1-3-22(4-2)10-9-21-15(23)8-6-12-5-7-14(17)13(11-12)16(18,19)20/h5-8,11H,3-4,9-10H2,1-2H3,(H,21,23)/b8-6+. The van der Waals surface area contributed by atoms with Gasteiger partial charge in [-0.3, -0.25) is 4.79 Å². The van der Waals surface area contributed by atoms with Gasteiger partial charge in [-0.05, 0) is 36.9 Å². The van der Waals surface area contributed by atoms with Crippen LogP contribution in [0, 0.1) is 0 Å². The highest BCUT2D eigenvalue weighted by molar-refractivity contribution is 6.31. The van der Waals surface area contributed by atoms with Crippen LogP contribution in [0.4, 0.5) is 13.2 Å².